The van der Waals surface area contributed by atoms with Gasteiger partial charge in [-0.2, -0.15) is 0 Å². The van der Waals surface area contributed by atoms with Crippen LogP contribution in [0.15, 0.2) is 0 Å². The third-order valence-electron chi connectivity index (χ3n) is 3.86. The highest BCUT2D eigenvalue weighted by Crippen LogP contribution is 2.29. The molecule has 1 heterocycles. The molecule has 0 radical (unpaired) electrons. The van der Waals surface area contributed by atoms with Gasteiger partial charge in [-0.1, -0.05) is 52.9 Å². The van der Waals surface area contributed by atoms with Crippen LogP contribution in [0.3, 0.4) is 0 Å². The fourth-order valence-corrected chi connectivity index (χ4v) is 3.03. The molecular formula is C14H24ClN3. The summed E-state index contributed by atoms with van der Waals surface area (Å²) in [5, 5.41) is 8.79. The summed E-state index contributed by atoms with van der Waals surface area (Å²) >= 11 is 6.16. The number of hydrogen-bond donors (Lipinski definition) is 0. The van der Waals surface area contributed by atoms with Gasteiger partial charge in [0.15, 0.2) is 0 Å². The van der Waals surface area contributed by atoms with Crippen molar-refractivity contribution in [2.75, 3.05) is 0 Å². The third-order valence-corrected chi connectivity index (χ3v) is 4.14. The molecule has 18 heavy (non-hydrogen) atoms. The number of halogens is 1. The molecule has 1 saturated carbocycles. The van der Waals surface area contributed by atoms with Crippen molar-refractivity contribution in [1.29, 1.82) is 0 Å². The zero-order chi connectivity index (χ0) is 13.2. The normalized spacial score (nSPS) is 18.2. The fraction of sp³-hybridized carbons (Fsp3) is 0.857. The van der Waals surface area contributed by atoms with E-state index in [0.717, 1.165) is 18.3 Å². The molecule has 0 aromatic carbocycles. The first kappa shape index (κ1) is 13.9. The first-order valence-electron chi connectivity index (χ1n) is 7.07. The first-order valence-corrected chi connectivity index (χ1v) is 7.45. The monoisotopic (exact) mass is 269 g/mol. The van der Waals surface area contributed by atoms with E-state index in [1.165, 1.54) is 38.5 Å². The summed E-state index contributed by atoms with van der Waals surface area (Å²) in [5.41, 5.74) is 0.00665. The van der Waals surface area contributed by atoms with Crippen LogP contribution in [0.25, 0.3) is 0 Å². The molecule has 0 unspecified atom stereocenters. The van der Waals surface area contributed by atoms with Gasteiger partial charge in [0.1, 0.15) is 5.82 Å². The standard InChI is InChI=1S/C14H24ClN3/c1-14(2,3)12-16-17-13(15)18(12)10-9-11-7-5-4-6-8-11/h11H,4-10H2,1-3H3. The van der Waals surface area contributed by atoms with Crippen molar-refractivity contribution in [3.8, 4) is 0 Å². The van der Waals surface area contributed by atoms with Crippen LogP contribution in [0.1, 0.15) is 65.1 Å². The summed E-state index contributed by atoms with van der Waals surface area (Å²) in [6.07, 6.45) is 8.17. The highest BCUT2D eigenvalue weighted by atomic mass is 35.5. The molecule has 3 nitrogen and oxygen atoms in total. The molecule has 1 aliphatic rings. The van der Waals surface area contributed by atoms with Gasteiger partial charge in [0.25, 0.3) is 0 Å². The summed E-state index contributed by atoms with van der Waals surface area (Å²) in [6, 6.07) is 0. The van der Waals surface area contributed by atoms with Crippen molar-refractivity contribution < 1.29 is 0 Å². The third kappa shape index (κ3) is 3.25. The number of hydrogen-bond acceptors (Lipinski definition) is 2. The van der Waals surface area contributed by atoms with E-state index in [2.05, 4.69) is 35.5 Å². The minimum atomic E-state index is 0.00665. The van der Waals surface area contributed by atoms with Gasteiger partial charge in [-0.25, -0.2) is 0 Å². The molecular weight excluding hydrogens is 246 g/mol. The predicted octanol–water partition coefficient (Wildman–Crippen LogP) is 4.20. The van der Waals surface area contributed by atoms with Crippen molar-refractivity contribution in [1.82, 2.24) is 14.8 Å². The maximum atomic E-state index is 6.16. The molecule has 102 valence electrons. The van der Waals surface area contributed by atoms with Gasteiger partial charge in [0.05, 0.1) is 0 Å². The molecule has 0 saturated heterocycles. The van der Waals surface area contributed by atoms with E-state index in [-0.39, 0.29) is 5.41 Å². The Labute approximate surface area is 115 Å². The highest BCUT2D eigenvalue weighted by Gasteiger charge is 2.24. The Balaban J connectivity index is 2.02. The Morgan fingerprint density at radius 2 is 1.83 bits per heavy atom. The minimum Gasteiger partial charge on any atom is -0.301 e. The van der Waals surface area contributed by atoms with E-state index >= 15 is 0 Å². The molecule has 4 heteroatoms. The SMILES string of the molecule is CC(C)(C)c1nnc(Cl)n1CCC1CCCCC1. The average molecular weight is 270 g/mol. The Bertz CT molecular complexity index is 386. The van der Waals surface area contributed by atoms with E-state index in [4.69, 9.17) is 11.6 Å². The maximum absolute atomic E-state index is 6.16. The lowest BCUT2D eigenvalue weighted by atomic mass is 9.87. The van der Waals surface area contributed by atoms with Crippen molar-refractivity contribution in [2.24, 2.45) is 5.92 Å². The summed E-state index contributed by atoms with van der Waals surface area (Å²) < 4.78 is 2.09. The van der Waals surface area contributed by atoms with Gasteiger partial charge in [-0.15, -0.1) is 10.2 Å². The topological polar surface area (TPSA) is 30.7 Å². The largest absolute Gasteiger partial charge is 0.301 e. The zero-order valence-corrected chi connectivity index (χ0v) is 12.5. The number of nitrogens with zero attached hydrogens (tertiary/aromatic N) is 3. The molecule has 1 aromatic rings. The van der Waals surface area contributed by atoms with Gasteiger partial charge in [0, 0.05) is 12.0 Å². The second kappa shape index (κ2) is 5.60. The maximum Gasteiger partial charge on any atom is 0.225 e. The van der Waals surface area contributed by atoms with E-state index in [0.29, 0.717) is 5.28 Å². The van der Waals surface area contributed by atoms with Gasteiger partial charge >= 0.3 is 0 Å². The average Bonchev–Trinajstić information content (AvgIpc) is 2.69. The lowest BCUT2D eigenvalue weighted by molar-refractivity contribution is 0.319. The Hall–Kier alpha value is -0.570. The lowest BCUT2D eigenvalue weighted by Gasteiger charge is -2.23. The Morgan fingerprint density at radius 3 is 2.44 bits per heavy atom. The van der Waals surface area contributed by atoms with Crippen molar-refractivity contribution in [2.45, 2.75) is 71.3 Å². The van der Waals surface area contributed by atoms with Crippen molar-refractivity contribution >= 4 is 11.6 Å². The van der Waals surface area contributed by atoms with Crippen LogP contribution in [-0.4, -0.2) is 14.8 Å². The van der Waals surface area contributed by atoms with Crippen LogP contribution in [-0.2, 0) is 12.0 Å². The van der Waals surface area contributed by atoms with Gasteiger partial charge < -0.3 is 4.57 Å². The zero-order valence-electron chi connectivity index (χ0n) is 11.7. The molecule has 0 atom stereocenters. The summed E-state index contributed by atoms with van der Waals surface area (Å²) in [5.74, 6) is 1.87. The summed E-state index contributed by atoms with van der Waals surface area (Å²) in [7, 11) is 0. The molecule has 2 rings (SSSR count). The van der Waals surface area contributed by atoms with Crippen LogP contribution < -0.4 is 0 Å². The smallest absolute Gasteiger partial charge is 0.225 e. The predicted molar refractivity (Wildman–Crippen MR) is 74.9 cm³/mol. The lowest BCUT2D eigenvalue weighted by Crippen LogP contribution is -2.20. The number of aromatic nitrogens is 3. The molecule has 1 aromatic heterocycles. The van der Waals surface area contributed by atoms with E-state index in [1.54, 1.807) is 0 Å². The van der Waals surface area contributed by atoms with E-state index < -0.39 is 0 Å². The molecule has 0 aliphatic heterocycles. The Kier molecular flexibility index (Phi) is 4.31. The van der Waals surface area contributed by atoms with Crippen LogP contribution in [0, 0.1) is 5.92 Å². The first-order chi connectivity index (χ1) is 8.48. The van der Waals surface area contributed by atoms with Gasteiger partial charge in [0.2, 0.25) is 5.28 Å². The molecule has 0 spiro atoms. The fourth-order valence-electron chi connectivity index (χ4n) is 2.82. The van der Waals surface area contributed by atoms with Gasteiger partial charge in [-0.3, -0.25) is 0 Å². The summed E-state index contributed by atoms with van der Waals surface area (Å²) in [4.78, 5) is 0. The second-order valence-corrected chi connectivity index (χ2v) is 6.83. The van der Waals surface area contributed by atoms with E-state index in [9.17, 15) is 0 Å². The molecule has 0 amide bonds. The molecule has 0 bridgehead atoms. The van der Waals surface area contributed by atoms with Crippen LogP contribution >= 0.6 is 11.6 Å². The van der Waals surface area contributed by atoms with E-state index in [1.807, 2.05) is 0 Å². The highest BCUT2D eigenvalue weighted by molar-refractivity contribution is 6.28. The van der Waals surface area contributed by atoms with Crippen LogP contribution in [0.4, 0.5) is 0 Å². The van der Waals surface area contributed by atoms with Gasteiger partial charge in [-0.05, 0) is 23.9 Å². The quantitative estimate of drug-likeness (QED) is 0.823. The second-order valence-electron chi connectivity index (χ2n) is 6.49. The summed E-state index contributed by atoms with van der Waals surface area (Å²) in [6.45, 7) is 7.43. The minimum absolute atomic E-state index is 0.00665. The van der Waals surface area contributed by atoms with Crippen molar-refractivity contribution in [3.63, 3.8) is 0 Å². The molecule has 0 N–H and O–H groups in total. The molecule has 1 aliphatic carbocycles. The Morgan fingerprint density at radius 1 is 1.17 bits per heavy atom. The molecule has 1 fully saturated rings. The van der Waals surface area contributed by atoms with Crippen LogP contribution in [0.2, 0.25) is 5.28 Å². The van der Waals surface area contributed by atoms with Crippen molar-refractivity contribution in [3.05, 3.63) is 11.1 Å². The number of rotatable bonds is 3. The van der Waals surface area contributed by atoms with Crippen LogP contribution in [0.5, 0.6) is 0 Å².